The molecule has 5 heteroatoms. The summed E-state index contributed by atoms with van der Waals surface area (Å²) in [6.45, 7) is 0.142. The first-order valence-electron chi connectivity index (χ1n) is 8.02. The molecule has 0 aliphatic rings. The van der Waals surface area contributed by atoms with Crippen molar-refractivity contribution >= 4 is 26.6 Å². The summed E-state index contributed by atoms with van der Waals surface area (Å²) < 4.78 is 26.2. The smallest absolute Gasteiger partial charge is 0.242 e. The Morgan fingerprint density at radius 1 is 0.880 bits per heavy atom. The number of benzene rings is 3. The predicted molar refractivity (Wildman–Crippen MR) is 99.2 cm³/mol. The summed E-state index contributed by atoms with van der Waals surface area (Å²) in [7, 11) is -2.07. The van der Waals surface area contributed by atoms with Gasteiger partial charge in [-0.15, -0.1) is 0 Å². The van der Waals surface area contributed by atoms with Crippen LogP contribution in [0.1, 0.15) is 16.8 Å². The molecular formula is C20H19NO3S. The number of hydrogen-bond donors (Lipinski definition) is 0. The Morgan fingerprint density at radius 3 is 2.24 bits per heavy atom. The molecule has 4 nitrogen and oxygen atoms in total. The second-order valence-electron chi connectivity index (χ2n) is 5.87. The summed E-state index contributed by atoms with van der Waals surface area (Å²) in [5.74, 6) is -0.0686. The Kier molecular flexibility index (Phi) is 4.97. The quantitative estimate of drug-likeness (QED) is 0.635. The van der Waals surface area contributed by atoms with Crippen LogP contribution in [0.3, 0.4) is 0 Å². The van der Waals surface area contributed by atoms with E-state index in [-0.39, 0.29) is 23.6 Å². The standard InChI is InChI=1S/C20H19NO3S/c1-21(25(23,24)19-9-3-2-4-10-19)14-13-20(22)18-12-11-16-7-5-6-8-17(16)15-18/h2-12,15H,13-14H2,1H3. The van der Waals surface area contributed by atoms with Crippen LogP contribution in [-0.2, 0) is 10.0 Å². The molecule has 25 heavy (non-hydrogen) atoms. The normalized spacial score (nSPS) is 11.8. The number of ketones is 1. The zero-order valence-corrected chi connectivity index (χ0v) is 14.7. The minimum atomic E-state index is -3.57. The summed E-state index contributed by atoms with van der Waals surface area (Å²) in [4.78, 5) is 12.7. The highest BCUT2D eigenvalue weighted by Gasteiger charge is 2.21. The van der Waals surface area contributed by atoms with Gasteiger partial charge in [-0.05, 0) is 29.0 Å². The largest absolute Gasteiger partial charge is 0.294 e. The van der Waals surface area contributed by atoms with E-state index in [1.165, 1.54) is 11.4 Å². The van der Waals surface area contributed by atoms with Gasteiger partial charge in [0.1, 0.15) is 0 Å². The maximum Gasteiger partial charge on any atom is 0.242 e. The highest BCUT2D eigenvalue weighted by molar-refractivity contribution is 7.89. The molecule has 3 aromatic carbocycles. The lowest BCUT2D eigenvalue weighted by molar-refractivity contribution is 0.0978. The molecule has 0 saturated heterocycles. The van der Waals surface area contributed by atoms with E-state index in [1.807, 2.05) is 36.4 Å². The second-order valence-corrected chi connectivity index (χ2v) is 7.92. The molecule has 0 atom stereocenters. The van der Waals surface area contributed by atoms with Gasteiger partial charge in [0.25, 0.3) is 0 Å². The van der Waals surface area contributed by atoms with Crippen LogP contribution in [-0.4, -0.2) is 32.1 Å². The van der Waals surface area contributed by atoms with Crippen molar-refractivity contribution in [3.8, 4) is 0 Å². The number of hydrogen-bond acceptors (Lipinski definition) is 3. The topological polar surface area (TPSA) is 54.5 Å². The molecule has 3 rings (SSSR count). The molecule has 0 bridgehead atoms. The molecule has 0 heterocycles. The summed E-state index contributed by atoms with van der Waals surface area (Å²) in [6.07, 6.45) is 0.140. The van der Waals surface area contributed by atoms with Gasteiger partial charge in [-0.1, -0.05) is 54.6 Å². The van der Waals surface area contributed by atoms with Gasteiger partial charge in [-0.3, -0.25) is 4.79 Å². The third-order valence-electron chi connectivity index (χ3n) is 4.18. The number of fused-ring (bicyclic) bond motifs is 1. The Bertz CT molecular complexity index is 998. The van der Waals surface area contributed by atoms with Gasteiger partial charge in [0.05, 0.1) is 4.90 Å². The van der Waals surface area contributed by atoms with Gasteiger partial charge in [0.2, 0.25) is 10.0 Å². The van der Waals surface area contributed by atoms with E-state index in [4.69, 9.17) is 0 Å². The zero-order chi connectivity index (χ0) is 17.9. The van der Waals surface area contributed by atoms with E-state index in [0.717, 1.165) is 10.8 Å². The first-order chi connectivity index (χ1) is 12.0. The van der Waals surface area contributed by atoms with Crippen molar-refractivity contribution in [3.63, 3.8) is 0 Å². The van der Waals surface area contributed by atoms with E-state index < -0.39 is 10.0 Å². The Labute approximate surface area is 147 Å². The summed E-state index contributed by atoms with van der Waals surface area (Å²) in [5.41, 5.74) is 0.601. The third kappa shape index (κ3) is 3.78. The monoisotopic (exact) mass is 353 g/mol. The molecule has 0 aliphatic heterocycles. The molecule has 0 aliphatic carbocycles. The van der Waals surface area contributed by atoms with Crippen LogP contribution >= 0.6 is 0 Å². The van der Waals surface area contributed by atoms with Crippen LogP contribution in [0.25, 0.3) is 10.8 Å². The number of carbonyl (C=O) groups is 1. The molecular weight excluding hydrogens is 334 g/mol. The molecule has 0 spiro atoms. The first kappa shape index (κ1) is 17.3. The average Bonchev–Trinajstić information content (AvgIpc) is 2.66. The van der Waals surface area contributed by atoms with Gasteiger partial charge in [-0.25, -0.2) is 12.7 Å². The van der Waals surface area contributed by atoms with Crippen molar-refractivity contribution in [1.29, 1.82) is 0 Å². The average molecular weight is 353 g/mol. The molecule has 0 radical (unpaired) electrons. The minimum absolute atomic E-state index is 0.0686. The lowest BCUT2D eigenvalue weighted by Crippen LogP contribution is -2.29. The fourth-order valence-electron chi connectivity index (χ4n) is 2.66. The van der Waals surface area contributed by atoms with E-state index in [2.05, 4.69) is 0 Å². The van der Waals surface area contributed by atoms with E-state index in [1.54, 1.807) is 36.4 Å². The zero-order valence-electron chi connectivity index (χ0n) is 13.9. The third-order valence-corrected chi connectivity index (χ3v) is 6.05. The maximum atomic E-state index is 12.5. The number of nitrogens with zero attached hydrogens (tertiary/aromatic N) is 1. The molecule has 0 fully saturated rings. The van der Waals surface area contributed by atoms with Crippen molar-refractivity contribution in [2.75, 3.05) is 13.6 Å². The lowest BCUT2D eigenvalue weighted by Gasteiger charge is -2.16. The fraction of sp³-hybridized carbons (Fsp3) is 0.150. The van der Waals surface area contributed by atoms with Crippen LogP contribution in [0.15, 0.2) is 77.7 Å². The van der Waals surface area contributed by atoms with E-state index >= 15 is 0 Å². The van der Waals surface area contributed by atoms with Crippen molar-refractivity contribution in [2.24, 2.45) is 0 Å². The summed E-state index contributed by atoms with van der Waals surface area (Å²) in [5, 5.41) is 2.07. The molecule has 0 saturated carbocycles. The number of carbonyl (C=O) groups excluding carboxylic acids is 1. The van der Waals surface area contributed by atoms with Gasteiger partial charge in [0.15, 0.2) is 5.78 Å². The highest BCUT2D eigenvalue weighted by Crippen LogP contribution is 2.18. The number of rotatable bonds is 6. The predicted octanol–water partition coefficient (Wildman–Crippen LogP) is 3.73. The van der Waals surface area contributed by atoms with Crippen molar-refractivity contribution in [3.05, 3.63) is 78.4 Å². The SMILES string of the molecule is CN(CCC(=O)c1ccc2ccccc2c1)S(=O)(=O)c1ccccc1. The van der Waals surface area contributed by atoms with Gasteiger partial charge >= 0.3 is 0 Å². The van der Waals surface area contributed by atoms with E-state index in [0.29, 0.717) is 5.56 Å². The molecule has 0 aromatic heterocycles. The maximum absolute atomic E-state index is 12.5. The molecule has 128 valence electrons. The number of sulfonamides is 1. The summed E-state index contributed by atoms with van der Waals surface area (Å²) >= 11 is 0. The fourth-order valence-corrected chi connectivity index (χ4v) is 3.85. The molecule has 0 unspecified atom stereocenters. The van der Waals surface area contributed by atoms with Crippen LogP contribution in [0.2, 0.25) is 0 Å². The minimum Gasteiger partial charge on any atom is -0.294 e. The van der Waals surface area contributed by atoms with Crippen molar-refractivity contribution in [1.82, 2.24) is 4.31 Å². The molecule has 3 aromatic rings. The second kappa shape index (κ2) is 7.17. The Morgan fingerprint density at radius 2 is 1.52 bits per heavy atom. The van der Waals surface area contributed by atoms with Crippen LogP contribution in [0.5, 0.6) is 0 Å². The van der Waals surface area contributed by atoms with Crippen LogP contribution in [0, 0.1) is 0 Å². The lowest BCUT2D eigenvalue weighted by atomic mass is 10.0. The Hall–Kier alpha value is -2.50. The van der Waals surface area contributed by atoms with Gasteiger partial charge < -0.3 is 0 Å². The van der Waals surface area contributed by atoms with E-state index in [9.17, 15) is 13.2 Å². The first-order valence-corrected chi connectivity index (χ1v) is 9.46. The van der Waals surface area contributed by atoms with Crippen molar-refractivity contribution in [2.45, 2.75) is 11.3 Å². The van der Waals surface area contributed by atoms with Crippen molar-refractivity contribution < 1.29 is 13.2 Å². The molecule has 0 amide bonds. The molecule has 0 N–H and O–H groups in total. The number of Topliss-reactive ketones (excluding diaryl/α,β-unsaturated/α-hetero) is 1. The highest BCUT2D eigenvalue weighted by atomic mass is 32.2. The van der Waals surface area contributed by atoms with Gasteiger partial charge in [0, 0.05) is 25.6 Å². The van der Waals surface area contributed by atoms with Crippen LogP contribution < -0.4 is 0 Å². The van der Waals surface area contributed by atoms with Gasteiger partial charge in [-0.2, -0.15) is 0 Å². The summed E-state index contributed by atoms with van der Waals surface area (Å²) in [6, 6.07) is 21.6. The van der Waals surface area contributed by atoms with Crippen LogP contribution in [0.4, 0.5) is 0 Å². The Balaban J connectivity index is 1.70.